The molecule has 0 spiro atoms. The van der Waals surface area contributed by atoms with E-state index >= 15 is 0 Å². The SMILES string of the molecule is c1ccc(Cn2c(CN3CCN(SC4CCCCC4)CC3)nc3ccccc32)cc1. The van der Waals surface area contributed by atoms with E-state index in [1.54, 1.807) is 0 Å². The van der Waals surface area contributed by atoms with E-state index in [0.717, 1.165) is 36.9 Å². The monoisotopic (exact) mass is 420 g/mol. The molecule has 5 rings (SSSR count). The van der Waals surface area contributed by atoms with Crippen molar-refractivity contribution in [3.63, 3.8) is 0 Å². The number of benzene rings is 2. The average Bonchev–Trinajstić information content (AvgIpc) is 3.13. The summed E-state index contributed by atoms with van der Waals surface area (Å²) in [7, 11) is 0. The molecule has 158 valence electrons. The fourth-order valence-corrected chi connectivity index (χ4v) is 6.10. The van der Waals surface area contributed by atoms with E-state index in [1.165, 1.54) is 62.1 Å². The fraction of sp³-hybridized carbons (Fsp3) is 0.480. The number of imidazole rings is 1. The van der Waals surface area contributed by atoms with Gasteiger partial charge in [0.05, 0.1) is 17.6 Å². The zero-order valence-electron chi connectivity index (χ0n) is 17.7. The minimum absolute atomic E-state index is 0.861. The van der Waals surface area contributed by atoms with Crippen LogP contribution in [0.3, 0.4) is 0 Å². The summed E-state index contributed by atoms with van der Waals surface area (Å²) in [6.45, 7) is 6.42. The topological polar surface area (TPSA) is 24.3 Å². The molecular formula is C25H32N4S. The van der Waals surface area contributed by atoms with Crippen molar-refractivity contribution >= 4 is 23.0 Å². The predicted octanol–water partition coefficient (Wildman–Crippen LogP) is 5.18. The standard InChI is InChI=1S/C25H32N4S/c1-3-9-21(10-4-1)19-29-24-14-8-7-13-23(24)26-25(29)20-27-15-17-28(18-16-27)30-22-11-5-2-6-12-22/h1,3-4,7-10,13-14,22H,2,5-6,11-12,15-20H2. The number of rotatable bonds is 6. The summed E-state index contributed by atoms with van der Waals surface area (Å²) in [5, 5.41) is 0.861. The van der Waals surface area contributed by atoms with Gasteiger partial charge in [0.1, 0.15) is 5.82 Å². The summed E-state index contributed by atoms with van der Waals surface area (Å²) in [5.41, 5.74) is 3.67. The molecule has 1 aliphatic heterocycles. The van der Waals surface area contributed by atoms with Crippen LogP contribution in [0.15, 0.2) is 54.6 Å². The Balaban J connectivity index is 1.26. The maximum absolute atomic E-state index is 5.02. The minimum atomic E-state index is 0.861. The first-order valence-corrected chi connectivity index (χ1v) is 12.3. The molecule has 3 aromatic rings. The van der Waals surface area contributed by atoms with Crippen LogP contribution in [-0.2, 0) is 13.1 Å². The number of hydrogen-bond acceptors (Lipinski definition) is 4. The molecule has 30 heavy (non-hydrogen) atoms. The Morgan fingerprint density at radius 1 is 0.800 bits per heavy atom. The lowest BCUT2D eigenvalue weighted by molar-refractivity contribution is 0.183. The molecule has 0 N–H and O–H groups in total. The van der Waals surface area contributed by atoms with Crippen LogP contribution >= 0.6 is 11.9 Å². The van der Waals surface area contributed by atoms with Gasteiger partial charge in [-0.2, -0.15) is 0 Å². The highest BCUT2D eigenvalue weighted by molar-refractivity contribution is 7.97. The van der Waals surface area contributed by atoms with Crippen LogP contribution in [0.5, 0.6) is 0 Å². The largest absolute Gasteiger partial charge is 0.322 e. The molecule has 0 bridgehead atoms. The van der Waals surface area contributed by atoms with E-state index in [4.69, 9.17) is 4.98 Å². The summed E-state index contributed by atoms with van der Waals surface area (Å²) >= 11 is 2.14. The highest BCUT2D eigenvalue weighted by atomic mass is 32.2. The van der Waals surface area contributed by atoms with Gasteiger partial charge in [0.25, 0.3) is 0 Å². The second kappa shape index (κ2) is 9.54. The second-order valence-corrected chi connectivity index (χ2v) is 10.1. The molecular weight excluding hydrogens is 388 g/mol. The molecule has 4 nitrogen and oxygen atoms in total. The van der Waals surface area contributed by atoms with Crippen LogP contribution < -0.4 is 0 Å². The van der Waals surface area contributed by atoms with Crippen molar-refractivity contribution in [2.75, 3.05) is 26.2 Å². The van der Waals surface area contributed by atoms with Gasteiger partial charge in [0, 0.05) is 38.0 Å². The first-order chi connectivity index (χ1) is 14.8. The van der Waals surface area contributed by atoms with E-state index < -0.39 is 0 Å². The van der Waals surface area contributed by atoms with Gasteiger partial charge >= 0.3 is 0 Å². The van der Waals surface area contributed by atoms with Crippen molar-refractivity contribution in [1.29, 1.82) is 0 Å². The molecule has 1 aliphatic carbocycles. The van der Waals surface area contributed by atoms with E-state index in [2.05, 4.69) is 80.3 Å². The molecule has 1 aromatic heterocycles. The van der Waals surface area contributed by atoms with E-state index in [9.17, 15) is 0 Å². The molecule has 2 aliphatic rings. The van der Waals surface area contributed by atoms with Crippen LogP contribution in [0.4, 0.5) is 0 Å². The molecule has 2 fully saturated rings. The Labute approximate surface area is 184 Å². The molecule has 5 heteroatoms. The minimum Gasteiger partial charge on any atom is -0.322 e. The van der Waals surface area contributed by atoms with E-state index in [-0.39, 0.29) is 0 Å². The first-order valence-electron chi connectivity index (χ1n) is 11.5. The summed E-state index contributed by atoms with van der Waals surface area (Å²) in [6, 6.07) is 19.3. The van der Waals surface area contributed by atoms with Crippen molar-refractivity contribution in [2.24, 2.45) is 0 Å². The second-order valence-electron chi connectivity index (χ2n) is 8.66. The third-order valence-electron chi connectivity index (χ3n) is 6.46. The lowest BCUT2D eigenvalue weighted by Gasteiger charge is -2.36. The quantitative estimate of drug-likeness (QED) is 0.513. The Kier molecular flexibility index (Phi) is 6.40. The Hall–Kier alpha value is -1.82. The van der Waals surface area contributed by atoms with Crippen molar-refractivity contribution in [2.45, 2.75) is 50.4 Å². The van der Waals surface area contributed by atoms with Gasteiger partial charge in [-0.1, -0.05) is 73.7 Å². The molecule has 0 unspecified atom stereocenters. The summed E-state index contributed by atoms with van der Waals surface area (Å²) in [4.78, 5) is 7.60. The lowest BCUT2D eigenvalue weighted by Crippen LogP contribution is -2.44. The van der Waals surface area contributed by atoms with Crippen LogP contribution in [0, 0.1) is 0 Å². The molecule has 2 heterocycles. The fourth-order valence-electron chi connectivity index (χ4n) is 4.76. The molecule has 0 radical (unpaired) electrons. The molecule has 0 amide bonds. The van der Waals surface area contributed by atoms with Crippen LogP contribution in [0.2, 0.25) is 0 Å². The summed E-state index contributed by atoms with van der Waals surface area (Å²) in [5.74, 6) is 1.19. The van der Waals surface area contributed by atoms with Gasteiger partial charge in [-0.3, -0.25) is 4.90 Å². The number of nitrogens with zero attached hydrogens (tertiary/aromatic N) is 4. The zero-order valence-corrected chi connectivity index (χ0v) is 18.6. The van der Waals surface area contributed by atoms with Gasteiger partial charge in [-0.05, 0) is 30.5 Å². The van der Waals surface area contributed by atoms with Crippen molar-refractivity contribution in [3.05, 3.63) is 66.0 Å². The normalized spacial score (nSPS) is 19.5. The number of para-hydroxylation sites is 2. The summed E-state index contributed by atoms with van der Waals surface area (Å²) in [6.07, 6.45) is 7.11. The molecule has 1 saturated carbocycles. The van der Waals surface area contributed by atoms with Crippen molar-refractivity contribution in [3.8, 4) is 0 Å². The lowest BCUT2D eigenvalue weighted by atomic mass is 10.0. The molecule has 0 atom stereocenters. The third-order valence-corrected chi connectivity index (χ3v) is 7.90. The van der Waals surface area contributed by atoms with Gasteiger partial charge < -0.3 is 4.57 Å². The van der Waals surface area contributed by atoms with E-state index in [1.807, 2.05) is 0 Å². The van der Waals surface area contributed by atoms with Crippen molar-refractivity contribution < 1.29 is 0 Å². The smallest absolute Gasteiger partial charge is 0.124 e. The maximum atomic E-state index is 5.02. The Morgan fingerprint density at radius 3 is 2.33 bits per heavy atom. The average molecular weight is 421 g/mol. The maximum Gasteiger partial charge on any atom is 0.124 e. The van der Waals surface area contributed by atoms with Gasteiger partial charge in [-0.25, -0.2) is 9.29 Å². The van der Waals surface area contributed by atoms with Crippen molar-refractivity contribution in [1.82, 2.24) is 18.8 Å². The number of piperazine rings is 1. The zero-order chi connectivity index (χ0) is 20.2. The van der Waals surface area contributed by atoms with Gasteiger partial charge in [-0.15, -0.1) is 0 Å². The number of hydrogen-bond donors (Lipinski definition) is 0. The van der Waals surface area contributed by atoms with Crippen LogP contribution in [-0.4, -0.2) is 50.2 Å². The highest BCUT2D eigenvalue weighted by Crippen LogP contribution is 2.31. The molecule has 2 aromatic carbocycles. The predicted molar refractivity (Wildman–Crippen MR) is 127 cm³/mol. The first kappa shape index (κ1) is 20.1. The molecule has 1 saturated heterocycles. The van der Waals surface area contributed by atoms with Gasteiger partial charge in [0.2, 0.25) is 0 Å². The third kappa shape index (κ3) is 4.74. The van der Waals surface area contributed by atoms with Crippen LogP contribution in [0.25, 0.3) is 11.0 Å². The number of fused-ring (bicyclic) bond motifs is 1. The van der Waals surface area contributed by atoms with Gasteiger partial charge in [0.15, 0.2) is 0 Å². The highest BCUT2D eigenvalue weighted by Gasteiger charge is 2.23. The van der Waals surface area contributed by atoms with E-state index in [0.29, 0.717) is 0 Å². The van der Waals surface area contributed by atoms with Crippen LogP contribution in [0.1, 0.15) is 43.5 Å². The Bertz CT molecular complexity index is 940. The number of aromatic nitrogens is 2. The Morgan fingerprint density at radius 2 is 1.53 bits per heavy atom. The summed E-state index contributed by atoms with van der Waals surface area (Å²) < 4.78 is 5.03.